The average molecular weight is 233 g/mol. The largest absolute Gasteiger partial charge is 0.534 e. The molecule has 2 fully saturated rings. The lowest BCUT2D eigenvalue weighted by Gasteiger charge is -2.14. The first-order valence-corrected chi connectivity index (χ1v) is 4.55. The second kappa shape index (κ2) is 4.48. The van der Waals surface area contributed by atoms with Crippen molar-refractivity contribution in [3.8, 4) is 0 Å². The molecule has 0 radical (unpaired) electrons. The summed E-state index contributed by atoms with van der Waals surface area (Å²) in [6.07, 6.45) is -3.71. The van der Waals surface area contributed by atoms with Crippen LogP contribution < -0.4 is 0 Å². The molecule has 7 heteroatoms. The molecular formula is C9H11NO6. The van der Waals surface area contributed by atoms with Crippen LogP contribution in [0, 0.1) is 0 Å². The third-order valence-corrected chi connectivity index (χ3v) is 1.94. The second-order valence-electron chi connectivity index (χ2n) is 3.10. The second-order valence-corrected chi connectivity index (χ2v) is 3.10. The fourth-order valence-electron chi connectivity index (χ4n) is 1.20. The fourth-order valence-corrected chi connectivity index (χ4v) is 1.20. The van der Waals surface area contributed by atoms with Gasteiger partial charge in [-0.25, -0.2) is 4.79 Å². The number of hydrogen-bond donors (Lipinski definition) is 0. The minimum atomic E-state index is -2.53. The van der Waals surface area contributed by atoms with Crippen LogP contribution in [0.25, 0.3) is 0 Å². The first kappa shape index (κ1) is 6.85. The van der Waals surface area contributed by atoms with Crippen LogP contribution in [0.3, 0.4) is 0 Å². The van der Waals surface area contributed by atoms with Gasteiger partial charge in [0.15, 0.2) is 0 Å². The van der Waals surface area contributed by atoms with Crippen molar-refractivity contribution in [2.75, 3.05) is 13.1 Å². The van der Waals surface area contributed by atoms with E-state index >= 15 is 0 Å². The summed E-state index contributed by atoms with van der Waals surface area (Å²) in [5.74, 6) is -1.40. The number of hydroxylamine groups is 2. The van der Waals surface area contributed by atoms with Crippen LogP contribution >= 0.6 is 0 Å². The highest BCUT2D eigenvalue weighted by molar-refractivity contribution is 6.01. The van der Waals surface area contributed by atoms with Gasteiger partial charge in [-0.2, -0.15) is 0 Å². The van der Waals surface area contributed by atoms with Gasteiger partial charge in [0, 0.05) is 19.3 Å². The Balaban J connectivity index is 1.95. The van der Waals surface area contributed by atoms with Crippen molar-refractivity contribution in [3.05, 3.63) is 0 Å². The van der Waals surface area contributed by atoms with Gasteiger partial charge in [0.05, 0.1) is 18.6 Å². The highest BCUT2D eigenvalue weighted by Crippen LogP contribution is 2.14. The first-order chi connectivity index (χ1) is 9.11. The van der Waals surface area contributed by atoms with Crippen LogP contribution in [-0.2, 0) is 23.9 Å². The molecule has 16 heavy (non-hydrogen) atoms. The topological polar surface area (TPSA) is 82.1 Å². The molecule has 0 aromatic heterocycles. The molecule has 2 heterocycles. The number of carbonyl (C=O) groups excluding carboxylic acids is 3. The van der Waals surface area contributed by atoms with Crippen molar-refractivity contribution in [2.24, 2.45) is 0 Å². The van der Waals surface area contributed by atoms with Gasteiger partial charge >= 0.3 is 6.16 Å². The van der Waals surface area contributed by atoms with Crippen LogP contribution in [0.2, 0.25) is 0 Å². The number of carbonyl (C=O) groups is 3. The molecule has 2 rings (SSSR count). The van der Waals surface area contributed by atoms with E-state index in [-0.39, 0.29) is 17.9 Å². The van der Waals surface area contributed by atoms with Gasteiger partial charge in [-0.15, -0.1) is 0 Å². The maximum Gasteiger partial charge on any atom is 0.534 e. The lowest BCUT2D eigenvalue weighted by Crippen LogP contribution is -2.33. The molecule has 0 aromatic carbocycles. The smallest absolute Gasteiger partial charge is 0.427 e. The number of imide groups is 1. The van der Waals surface area contributed by atoms with E-state index in [0.717, 1.165) is 0 Å². The lowest BCUT2D eigenvalue weighted by atomic mass is 10.3. The Morgan fingerprint density at radius 3 is 2.69 bits per heavy atom. The van der Waals surface area contributed by atoms with Crippen LogP contribution in [0.1, 0.15) is 24.7 Å². The Morgan fingerprint density at radius 1 is 1.44 bits per heavy atom. The minimum Gasteiger partial charge on any atom is -0.427 e. The monoisotopic (exact) mass is 233 g/mol. The van der Waals surface area contributed by atoms with E-state index in [1.165, 1.54) is 0 Å². The van der Waals surface area contributed by atoms with E-state index < -0.39 is 43.6 Å². The van der Waals surface area contributed by atoms with E-state index in [4.69, 9.17) is 5.48 Å². The van der Waals surface area contributed by atoms with Gasteiger partial charge in [0.25, 0.3) is 11.8 Å². The first-order valence-electron chi connectivity index (χ1n) is 6.55. The SMILES string of the molecule is [2H]C1([2H])CC(OC(=O)ON2C(=O)CCC2=O)C([2H])([2H])O1. The quantitative estimate of drug-likeness (QED) is 0.493. The van der Waals surface area contributed by atoms with E-state index in [2.05, 4.69) is 14.3 Å². The van der Waals surface area contributed by atoms with E-state index in [1.807, 2.05) is 0 Å². The van der Waals surface area contributed by atoms with Crippen molar-refractivity contribution in [1.29, 1.82) is 0 Å². The Bertz CT molecular complexity index is 451. The standard InChI is InChI=1S/C9H11NO6/c11-7-1-2-8(12)10(7)16-9(13)15-6-3-4-14-5-6/h6H,1-5H2/i4D2,5D2. The Kier molecular flexibility index (Phi) is 1.92. The molecule has 1 unspecified atom stereocenters. The number of nitrogens with zero attached hydrogens (tertiary/aromatic N) is 1. The number of amides is 2. The Labute approximate surface area is 96.8 Å². The minimum absolute atomic E-state index is 0.0813. The molecule has 2 aliphatic rings. The van der Waals surface area contributed by atoms with E-state index in [9.17, 15) is 14.4 Å². The molecule has 88 valence electrons. The molecule has 1 atom stereocenters. The Hall–Kier alpha value is -1.63. The zero-order valence-corrected chi connectivity index (χ0v) is 8.10. The van der Waals surface area contributed by atoms with Crippen molar-refractivity contribution in [2.45, 2.75) is 25.4 Å². The van der Waals surface area contributed by atoms with E-state index in [0.29, 0.717) is 0 Å². The summed E-state index contributed by atoms with van der Waals surface area (Å²) >= 11 is 0. The molecular weight excluding hydrogens is 218 g/mol. The van der Waals surface area contributed by atoms with Crippen LogP contribution in [0.15, 0.2) is 0 Å². The van der Waals surface area contributed by atoms with Gasteiger partial charge in [0.2, 0.25) is 0 Å². The molecule has 2 amide bonds. The normalized spacial score (nSPS) is 35.0. The summed E-state index contributed by atoms with van der Waals surface area (Å²) in [7, 11) is 0. The maximum atomic E-state index is 11.4. The zero-order chi connectivity index (χ0) is 15.1. The molecule has 0 aliphatic carbocycles. The highest BCUT2D eigenvalue weighted by Gasteiger charge is 2.34. The number of hydrogen-bond acceptors (Lipinski definition) is 6. The number of rotatable bonds is 2. The zero-order valence-electron chi connectivity index (χ0n) is 12.1. The molecule has 7 nitrogen and oxygen atoms in total. The summed E-state index contributed by atoms with van der Waals surface area (Å²) in [6.45, 7) is -4.81. The van der Waals surface area contributed by atoms with Gasteiger partial charge in [-0.05, 0) is 0 Å². The van der Waals surface area contributed by atoms with Crippen LogP contribution in [-0.4, -0.2) is 42.3 Å². The molecule has 0 saturated carbocycles. The van der Waals surface area contributed by atoms with E-state index in [1.54, 1.807) is 0 Å². The summed E-state index contributed by atoms with van der Waals surface area (Å²) < 4.78 is 38.3. The molecule has 2 aliphatic heterocycles. The summed E-state index contributed by atoms with van der Waals surface area (Å²) in [5, 5.41) is 0.252. The molecule has 2 saturated heterocycles. The van der Waals surface area contributed by atoms with Crippen molar-refractivity contribution < 1.29 is 34.2 Å². The third-order valence-electron chi connectivity index (χ3n) is 1.94. The highest BCUT2D eigenvalue weighted by atomic mass is 16.8. The summed E-state index contributed by atoms with van der Waals surface area (Å²) in [5.41, 5.74) is 0. The van der Waals surface area contributed by atoms with Gasteiger partial charge < -0.3 is 9.47 Å². The van der Waals surface area contributed by atoms with Crippen LogP contribution in [0.5, 0.6) is 0 Å². The Morgan fingerprint density at radius 2 is 2.12 bits per heavy atom. The van der Waals surface area contributed by atoms with Gasteiger partial charge in [-0.3, -0.25) is 14.4 Å². The van der Waals surface area contributed by atoms with Crippen molar-refractivity contribution >= 4 is 18.0 Å². The maximum absolute atomic E-state index is 11.4. The summed E-state index contributed by atoms with van der Waals surface area (Å²) in [4.78, 5) is 38.2. The van der Waals surface area contributed by atoms with Crippen LogP contribution in [0.4, 0.5) is 4.79 Å². The van der Waals surface area contributed by atoms with Crippen molar-refractivity contribution in [1.82, 2.24) is 5.06 Å². The predicted molar refractivity (Wildman–Crippen MR) is 47.9 cm³/mol. The fraction of sp³-hybridized carbons (Fsp3) is 0.667. The lowest BCUT2D eigenvalue weighted by molar-refractivity contribution is -0.178. The van der Waals surface area contributed by atoms with Crippen molar-refractivity contribution in [3.63, 3.8) is 0 Å². The van der Waals surface area contributed by atoms with Gasteiger partial charge in [-0.1, -0.05) is 5.06 Å². The average Bonchev–Trinajstić information content (AvgIpc) is 2.68. The molecule has 0 spiro atoms. The van der Waals surface area contributed by atoms with Gasteiger partial charge in [0.1, 0.15) is 6.10 Å². The number of ether oxygens (including phenoxy) is 2. The molecule has 0 aromatic rings. The predicted octanol–water partition coefficient (Wildman–Crippen LogP) is -0.00750. The third kappa shape index (κ3) is 2.30. The summed E-state index contributed by atoms with van der Waals surface area (Å²) in [6, 6.07) is 0. The molecule has 0 bridgehead atoms. The molecule has 0 N–H and O–H groups in total.